The second-order valence-corrected chi connectivity index (χ2v) is 5.14. The predicted octanol–water partition coefficient (Wildman–Crippen LogP) is 0.754. The number of nitrogens with zero attached hydrogens (tertiary/aromatic N) is 1. The monoisotopic (exact) mass is 252 g/mol. The van der Waals surface area contributed by atoms with Gasteiger partial charge in [0, 0.05) is 4.90 Å². The molecule has 0 spiro atoms. The summed E-state index contributed by atoms with van der Waals surface area (Å²) >= 11 is 1.56. The highest BCUT2D eigenvalue weighted by molar-refractivity contribution is 8.00. The van der Waals surface area contributed by atoms with E-state index in [1.807, 2.05) is 37.2 Å². The van der Waals surface area contributed by atoms with Crippen LogP contribution in [0.15, 0.2) is 23.1 Å². The van der Waals surface area contributed by atoms with Gasteiger partial charge in [0.25, 0.3) is 0 Å². The van der Waals surface area contributed by atoms with Crippen molar-refractivity contribution >= 4 is 23.4 Å². The van der Waals surface area contributed by atoms with E-state index in [2.05, 4.69) is 10.7 Å². The molecule has 0 radical (unpaired) electrons. The van der Waals surface area contributed by atoms with Gasteiger partial charge in [-0.05, 0) is 31.8 Å². The lowest BCUT2D eigenvalue weighted by Crippen LogP contribution is -2.37. The van der Waals surface area contributed by atoms with Gasteiger partial charge in [-0.1, -0.05) is 6.07 Å². The van der Waals surface area contributed by atoms with Crippen LogP contribution in [0.3, 0.4) is 0 Å². The van der Waals surface area contributed by atoms with E-state index in [1.54, 1.807) is 11.8 Å². The van der Waals surface area contributed by atoms with E-state index in [4.69, 9.17) is 5.84 Å². The molecular formula is C11H16N4OS. The van der Waals surface area contributed by atoms with Gasteiger partial charge in [-0.2, -0.15) is 0 Å². The quantitative estimate of drug-likeness (QED) is 0.421. The smallest absolute Gasteiger partial charge is 0.234 e. The minimum Gasteiger partial charge on any atom is -0.324 e. The van der Waals surface area contributed by atoms with Gasteiger partial charge in [-0.25, -0.2) is 5.43 Å². The fraction of sp³-hybridized carbons (Fsp3) is 0.364. The largest absolute Gasteiger partial charge is 0.324 e. The number of hydrogen-bond acceptors (Lipinski definition) is 5. The Bertz CT molecular complexity index is 435. The van der Waals surface area contributed by atoms with Gasteiger partial charge >= 0.3 is 0 Å². The van der Waals surface area contributed by atoms with Crippen LogP contribution in [0, 0.1) is 0 Å². The molecule has 1 amide bonds. The number of amides is 1. The van der Waals surface area contributed by atoms with Crippen molar-refractivity contribution in [1.82, 2.24) is 10.3 Å². The highest BCUT2D eigenvalue weighted by atomic mass is 32.2. The van der Waals surface area contributed by atoms with Gasteiger partial charge in [0.2, 0.25) is 5.91 Å². The van der Waals surface area contributed by atoms with Gasteiger partial charge in [0.05, 0.1) is 17.6 Å². The van der Waals surface area contributed by atoms with Crippen LogP contribution in [0.1, 0.15) is 11.7 Å². The number of benzene rings is 1. The van der Waals surface area contributed by atoms with Crippen LogP contribution >= 0.6 is 11.8 Å². The summed E-state index contributed by atoms with van der Waals surface area (Å²) in [6.07, 6.45) is -0.0656. The van der Waals surface area contributed by atoms with Crippen molar-refractivity contribution in [3.8, 4) is 0 Å². The molecule has 1 aliphatic heterocycles. The lowest BCUT2D eigenvalue weighted by Gasteiger charge is -2.25. The van der Waals surface area contributed by atoms with E-state index < -0.39 is 0 Å². The van der Waals surface area contributed by atoms with Crippen LogP contribution in [-0.2, 0) is 4.79 Å². The van der Waals surface area contributed by atoms with Gasteiger partial charge in [-0.3, -0.25) is 15.5 Å². The van der Waals surface area contributed by atoms with Crippen LogP contribution in [-0.4, -0.2) is 30.7 Å². The summed E-state index contributed by atoms with van der Waals surface area (Å²) in [7, 11) is 3.88. The maximum absolute atomic E-state index is 11.3. The van der Waals surface area contributed by atoms with E-state index in [9.17, 15) is 4.79 Å². The van der Waals surface area contributed by atoms with E-state index in [0.29, 0.717) is 5.75 Å². The molecular weight excluding hydrogens is 236 g/mol. The molecule has 0 aromatic heterocycles. The van der Waals surface area contributed by atoms with Crippen LogP contribution in [0.5, 0.6) is 0 Å². The van der Waals surface area contributed by atoms with Crippen molar-refractivity contribution in [1.29, 1.82) is 0 Å². The molecule has 1 aromatic rings. The predicted molar refractivity (Wildman–Crippen MR) is 69.5 cm³/mol. The Labute approximate surface area is 105 Å². The third-order valence-electron chi connectivity index (χ3n) is 2.63. The number of carbonyl (C=O) groups excluding carboxylic acids is 1. The van der Waals surface area contributed by atoms with E-state index in [1.165, 1.54) is 0 Å². The number of hydrogen-bond donors (Lipinski definition) is 3. The number of nitrogens with one attached hydrogen (secondary N) is 2. The zero-order valence-corrected chi connectivity index (χ0v) is 10.7. The Morgan fingerprint density at radius 1 is 1.53 bits per heavy atom. The fourth-order valence-electron chi connectivity index (χ4n) is 1.81. The molecule has 1 atom stereocenters. The number of rotatable bonds is 3. The molecule has 0 aliphatic carbocycles. The van der Waals surface area contributed by atoms with E-state index >= 15 is 0 Å². The number of fused-ring (bicyclic) bond motifs is 1. The molecule has 0 saturated heterocycles. The summed E-state index contributed by atoms with van der Waals surface area (Å²) in [5, 5.41) is 2.87. The van der Waals surface area contributed by atoms with Crippen LogP contribution in [0.4, 0.5) is 5.69 Å². The molecule has 0 saturated carbocycles. The SMILES string of the molecule is CN(C)C(NN)c1ccc2c(c1)NC(=O)CS2. The molecule has 0 bridgehead atoms. The van der Waals surface area contributed by atoms with Gasteiger partial charge < -0.3 is 5.32 Å². The Morgan fingerprint density at radius 2 is 2.29 bits per heavy atom. The highest BCUT2D eigenvalue weighted by Crippen LogP contribution is 2.33. The molecule has 1 heterocycles. The summed E-state index contributed by atoms with van der Waals surface area (Å²) in [5.74, 6) is 6.05. The first-order valence-electron chi connectivity index (χ1n) is 5.31. The summed E-state index contributed by atoms with van der Waals surface area (Å²) in [6.45, 7) is 0. The maximum Gasteiger partial charge on any atom is 0.234 e. The number of thioether (sulfide) groups is 1. The second kappa shape index (κ2) is 5.05. The molecule has 0 fully saturated rings. The first-order chi connectivity index (χ1) is 8.11. The van der Waals surface area contributed by atoms with E-state index in [-0.39, 0.29) is 12.1 Å². The maximum atomic E-state index is 11.3. The van der Waals surface area contributed by atoms with Crippen molar-refractivity contribution in [2.75, 3.05) is 25.2 Å². The van der Waals surface area contributed by atoms with Gasteiger partial charge in [-0.15, -0.1) is 11.8 Å². The molecule has 1 unspecified atom stereocenters. The highest BCUT2D eigenvalue weighted by Gasteiger charge is 2.18. The zero-order chi connectivity index (χ0) is 12.4. The molecule has 4 N–H and O–H groups in total. The van der Waals surface area contributed by atoms with E-state index in [0.717, 1.165) is 16.1 Å². The van der Waals surface area contributed by atoms with Crippen LogP contribution < -0.4 is 16.6 Å². The standard InChI is InChI=1S/C11H16N4OS/c1-15(2)11(14-12)7-3-4-9-8(5-7)13-10(16)6-17-9/h3-5,11,14H,6,12H2,1-2H3,(H,13,16). The van der Waals surface area contributed by atoms with Crippen molar-refractivity contribution < 1.29 is 4.79 Å². The number of hydrazine groups is 1. The Kier molecular flexibility index (Phi) is 3.68. The molecule has 92 valence electrons. The summed E-state index contributed by atoms with van der Waals surface area (Å²) in [6, 6.07) is 6.00. The third-order valence-corrected chi connectivity index (χ3v) is 3.70. The fourth-order valence-corrected chi connectivity index (χ4v) is 2.60. The van der Waals surface area contributed by atoms with Gasteiger partial charge in [0.1, 0.15) is 0 Å². The molecule has 1 aliphatic rings. The normalized spacial score (nSPS) is 16.6. The minimum absolute atomic E-state index is 0.0433. The molecule has 6 heteroatoms. The Balaban J connectivity index is 2.32. The van der Waals surface area contributed by atoms with Crippen molar-refractivity contribution in [3.63, 3.8) is 0 Å². The molecule has 17 heavy (non-hydrogen) atoms. The van der Waals surface area contributed by atoms with Gasteiger partial charge in [0.15, 0.2) is 0 Å². The average Bonchev–Trinajstić information content (AvgIpc) is 2.29. The summed E-state index contributed by atoms with van der Waals surface area (Å²) in [5.41, 5.74) is 4.64. The first kappa shape index (κ1) is 12.4. The molecule has 1 aromatic carbocycles. The van der Waals surface area contributed by atoms with Crippen molar-refractivity contribution in [3.05, 3.63) is 23.8 Å². The Morgan fingerprint density at radius 3 is 2.94 bits per heavy atom. The Hall–Kier alpha value is -1.08. The number of carbonyl (C=O) groups is 1. The second-order valence-electron chi connectivity index (χ2n) is 4.13. The summed E-state index contributed by atoms with van der Waals surface area (Å²) in [4.78, 5) is 14.4. The minimum atomic E-state index is -0.0656. The molecule has 2 rings (SSSR count). The molecule has 5 nitrogen and oxygen atoms in total. The summed E-state index contributed by atoms with van der Waals surface area (Å²) < 4.78 is 0. The third kappa shape index (κ3) is 2.61. The van der Waals surface area contributed by atoms with Crippen molar-refractivity contribution in [2.45, 2.75) is 11.1 Å². The number of nitrogens with two attached hydrogens (primary N) is 1. The first-order valence-corrected chi connectivity index (χ1v) is 6.29. The topological polar surface area (TPSA) is 70.4 Å². The zero-order valence-electron chi connectivity index (χ0n) is 9.86. The lowest BCUT2D eigenvalue weighted by molar-refractivity contribution is -0.113. The number of anilines is 1. The van der Waals surface area contributed by atoms with Crippen LogP contribution in [0.25, 0.3) is 0 Å². The average molecular weight is 252 g/mol. The van der Waals surface area contributed by atoms with Crippen molar-refractivity contribution in [2.24, 2.45) is 5.84 Å². The lowest BCUT2D eigenvalue weighted by atomic mass is 10.1. The van der Waals surface area contributed by atoms with Crippen LogP contribution in [0.2, 0.25) is 0 Å².